The molecule has 1 aromatic carbocycles. The Balaban J connectivity index is 1.25. The third kappa shape index (κ3) is 3.42. The largest absolute Gasteiger partial charge is 0.507 e. The first-order valence-corrected chi connectivity index (χ1v) is 10.9. The number of phenols is 1. The number of alkyl halides is 1. The maximum absolute atomic E-state index is 14.2. The number of anilines is 1. The molecule has 31 heavy (non-hydrogen) atoms. The molecule has 3 N–H and O–H groups in total. The van der Waals surface area contributed by atoms with Crippen molar-refractivity contribution >= 4 is 5.82 Å². The number of piperidine rings is 1. The molecule has 0 spiro atoms. The number of aromatic hydroxyl groups is 1. The van der Waals surface area contributed by atoms with Crippen LogP contribution in [-0.2, 0) is 0 Å². The summed E-state index contributed by atoms with van der Waals surface area (Å²) in [5.41, 5.74) is 2.28. The number of aromatic nitrogens is 5. The topological polar surface area (TPSA) is 103 Å². The summed E-state index contributed by atoms with van der Waals surface area (Å²) in [7, 11) is 0. The number of H-pyrrole nitrogens is 1. The summed E-state index contributed by atoms with van der Waals surface area (Å²) in [4.78, 5) is 6.82. The average Bonchev–Trinajstić information content (AvgIpc) is 3.37. The number of nitrogens with zero attached hydrogens (tertiary/aromatic N) is 5. The van der Waals surface area contributed by atoms with Gasteiger partial charge in [-0.25, -0.2) is 9.37 Å². The van der Waals surface area contributed by atoms with Crippen LogP contribution in [0.5, 0.6) is 5.75 Å². The van der Waals surface area contributed by atoms with Gasteiger partial charge in [0, 0.05) is 35.9 Å². The van der Waals surface area contributed by atoms with Crippen LogP contribution < -0.4 is 10.2 Å². The van der Waals surface area contributed by atoms with Gasteiger partial charge in [-0.1, -0.05) is 6.07 Å². The highest BCUT2D eigenvalue weighted by molar-refractivity contribution is 5.72. The lowest BCUT2D eigenvalue weighted by molar-refractivity contribution is 0.271. The van der Waals surface area contributed by atoms with Gasteiger partial charge < -0.3 is 15.3 Å². The zero-order valence-electron chi connectivity index (χ0n) is 16.9. The lowest BCUT2D eigenvalue weighted by Crippen LogP contribution is -2.50. The van der Waals surface area contributed by atoms with Crippen LogP contribution in [0.2, 0.25) is 0 Å². The Morgan fingerprint density at radius 2 is 1.94 bits per heavy atom. The molecule has 1 aliphatic carbocycles. The fourth-order valence-electron chi connectivity index (χ4n) is 5.08. The molecule has 160 valence electrons. The number of rotatable bonds is 5. The highest BCUT2D eigenvalue weighted by atomic mass is 19.1. The van der Waals surface area contributed by atoms with E-state index >= 15 is 0 Å². The molecule has 8 nitrogen and oxygen atoms in total. The molecule has 1 saturated carbocycles. The molecule has 4 heterocycles. The summed E-state index contributed by atoms with van der Waals surface area (Å²) in [6, 6.07) is 6.23. The zero-order valence-corrected chi connectivity index (χ0v) is 16.9. The summed E-state index contributed by atoms with van der Waals surface area (Å²) >= 11 is 0. The first-order chi connectivity index (χ1) is 15.2. The quantitative estimate of drug-likeness (QED) is 0.582. The van der Waals surface area contributed by atoms with Gasteiger partial charge in [-0.2, -0.15) is 5.10 Å². The molecular formula is C22H24FN7O. The Hall–Kier alpha value is -3.07. The van der Waals surface area contributed by atoms with Crippen molar-refractivity contribution < 1.29 is 9.50 Å². The SMILES string of the molecule is Oc1cc(-c2cn[nH]c2)ccc1-c1ncc(N(C2CC2)[C@@H]2C[C@@H]3C[C@H](F)[C@H](C2)N3)nn1. The summed E-state index contributed by atoms with van der Waals surface area (Å²) in [6.07, 6.45) is 9.02. The molecule has 6 rings (SSSR count). The molecule has 0 amide bonds. The molecule has 3 fully saturated rings. The number of hydrogen-bond acceptors (Lipinski definition) is 7. The molecule has 3 aliphatic rings. The average molecular weight is 421 g/mol. The molecule has 9 heteroatoms. The first kappa shape index (κ1) is 18.7. The maximum Gasteiger partial charge on any atom is 0.185 e. The van der Waals surface area contributed by atoms with Crippen molar-refractivity contribution in [3.63, 3.8) is 0 Å². The molecule has 2 bridgehead atoms. The highest BCUT2D eigenvalue weighted by Crippen LogP contribution is 2.39. The minimum absolute atomic E-state index is 0.0594. The van der Waals surface area contributed by atoms with Crippen LogP contribution in [0.4, 0.5) is 10.2 Å². The molecule has 4 atom stereocenters. The summed E-state index contributed by atoms with van der Waals surface area (Å²) in [5, 5.41) is 29.4. The Kier molecular flexibility index (Phi) is 4.38. The summed E-state index contributed by atoms with van der Waals surface area (Å²) in [5.74, 6) is 1.21. The van der Waals surface area contributed by atoms with Gasteiger partial charge in [-0.3, -0.25) is 5.10 Å². The maximum atomic E-state index is 14.2. The molecule has 0 radical (unpaired) electrons. The lowest BCUT2D eigenvalue weighted by Gasteiger charge is -2.38. The van der Waals surface area contributed by atoms with E-state index in [1.165, 1.54) is 0 Å². The van der Waals surface area contributed by atoms with E-state index in [0.717, 1.165) is 42.6 Å². The van der Waals surface area contributed by atoms with Gasteiger partial charge in [0.1, 0.15) is 11.9 Å². The van der Waals surface area contributed by atoms with Gasteiger partial charge in [0.15, 0.2) is 11.6 Å². The van der Waals surface area contributed by atoms with E-state index in [-0.39, 0.29) is 23.9 Å². The number of nitrogens with one attached hydrogen (secondary N) is 2. The number of halogens is 1. The predicted molar refractivity (Wildman–Crippen MR) is 113 cm³/mol. The second-order valence-corrected chi connectivity index (χ2v) is 8.84. The van der Waals surface area contributed by atoms with Crippen LogP contribution in [0.1, 0.15) is 32.1 Å². The van der Waals surface area contributed by atoms with Crippen molar-refractivity contribution in [3.05, 3.63) is 36.8 Å². The van der Waals surface area contributed by atoms with E-state index in [1.54, 1.807) is 30.7 Å². The Morgan fingerprint density at radius 1 is 1.03 bits per heavy atom. The smallest absolute Gasteiger partial charge is 0.185 e. The molecule has 2 saturated heterocycles. The Labute approximate surface area is 178 Å². The Bertz CT molecular complexity index is 1070. The summed E-state index contributed by atoms with van der Waals surface area (Å²) < 4.78 is 14.2. The minimum Gasteiger partial charge on any atom is -0.507 e. The van der Waals surface area contributed by atoms with Crippen LogP contribution in [0, 0.1) is 0 Å². The van der Waals surface area contributed by atoms with Crippen LogP contribution in [0.3, 0.4) is 0 Å². The standard InChI is InChI=1S/C22H24FN7O/c23-18-7-14-6-16(8-19(18)27-14)30(15-2-3-15)21-11-24-22(29-28-21)17-4-1-12(5-20(17)31)13-9-25-26-10-13/h1,4-5,9-11,14-16,18-19,27,31H,2-3,6-8H2,(H,25,26)/t14-,16-,18+,19+/m1/s1. The monoisotopic (exact) mass is 421 g/mol. The third-order valence-electron chi connectivity index (χ3n) is 6.70. The second-order valence-electron chi connectivity index (χ2n) is 8.84. The van der Waals surface area contributed by atoms with Gasteiger partial charge >= 0.3 is 0 Å². The van der Waals surface area contributed by atoms with Crippen molar-refractivity contribution in [3.8, 4) is 28.3 Å². The fourth-order valence-corrected chi connectivity index (χ4v) is 5.08. The number of phenolic OH excluding ortho intramolecular Hbond substituents is 1. The molecular weight excluding hydrogens is 397 g/mol. The van der Waals surface area contributed by atoms with E-state index in [4.69, 9.17) is 0 Å². The minimum atomic E-state index is -0.754. The molecule has 3 aromatic rings. The highest BCUT2D eigenvalue weighted by Gasteiger charge is 2.45. The van der Waals surface area contributed by atoms with Crippen LogP contribution >= 0.6 is 0 Å². The number of hydrogen-bond donors (Lipinski definition) is 3. The lowest BCUT2D eigenvalue weighted by atomic mass is 9.98. The Morgan fingerprint density at radius 3 is 2.61 bits per heavy atom. The van der Waals surface area contributed by atoms with Gasteiger partial charge in [0.05, 0.1) is 18.0 Å². The van der Waals surface area contributed by atoms with E-state index < -0.39 is 6.17 Å². The van der Waals surface area contributed by atoms with Crippen molar-refractivity contribution in [2.24, 2.45) is 0 Å². The number of benzene rings is 1. The predicted octanol–water partition coefficient (Wildman–Crippen LogP) is 2.83. The van der Waals surface area contributed by atoms with E-state index in [2.05, 4.69) is 35.6 Å². The van der Waals surface area contributed by atoms with Crippen LogP contribution in [0.15, 0.2) is 36.8 Å². The van der Waals surface area contributed by atoms with Gasteiger partial charge in [0.2, 0.25) is 0 Å². The van der Waals surface area contributed by atoms with Gasteiger partial charge in [-0.05, 0) is 49.8 Å². The van der Waals surface area contributed by atoms with Crippen LogP contribution in [0.25, 0.3) is 22.5 Å². The second kappa shape index (κ2) is 7.26. The van der Waals surface area contributed by atoms with E-state index in [0.29, 0.717) is 23.9 Å². The zero-order chi connectivity index (χ0) is 20.9. The number of fused-ring (bicyclic) bond motifs is 2. The van der Waals surface area contributed by atoms with Gasteiger partial charge in [-0.15, -0.1) is 10.2 Å². The van der Waals surface area contributed by atoms with Crippen molar-refractivity contribution in [1.29, 1.82) is 0 Å². The first-order valence-electron chi connectivity index (χ1n) is 10.9. The normalized spacial score (nSPS) is 27.4. The third-order valence-corrected chi connectivity index (χ3v) is 6.70. The van der Waals surface area contributed by atoms with E-state index in [9.17, 15) is 9.50 Å². The van der Waals surface area contributed by atoms with Crippen molar-refractivity contribution in [2.45, 2.75) is 62.4 Å². The summed E-state index contributed by atoms with van der Waals surface area (Å²) in [6.45, 7) is 0. The van der Waals surface area contributed by atoms with Gasteiger partial charge in [0.25, 0.3) is 0 Å². The van der Waals surface area contributed by atoms with Crippen LogP contribution in [-0.4, -0.2) is 60.8 Å². The van der Waals surface area contributed by atoms with E-state index in [1.807, 2.05) is 6.07 Å². The van der Waals surface area contributed by atoms with Crippen molar-refractivity contribution in [2.75, 3.05) is 4.90 Å². The molecule has 2 aliphatic heterocycles. The number of aromatic amines is 1. The van der Waals surface area contributed by atoms with Crippen molar-refractivity contribution in [1.82, 2.24) is 30.7 Å². The fraction of sp³-hybridized carbons (Fsp3) is 0.455. The molecule has 2 aromatic heterocycles. The molecule has 0 unspecified atom stereocenters.